The van der Waals surface area contributed by atoms with Crippen LogP contribution in [0.25, 0.3) is 94.1 Å². The summed E-state index contributed by atoms with van der Waals surface area (Å²) in [6.07, 6.45) is 0. The highest BCUT2D eigenvalue weighted by Gasteiger charge is 2.22. The lowest BCUT2D eigenvalue weighted by Gasteiger charge is -2.12. The number of para-hydroxylation sites is 5. The van der Waals surface area contributed by atoms with E-state index in [9.17, 15) is 0 Å². The van der Waals surface area contributed by atoms with Crippen molar-refractivity contribution in [2.24, 2.45) is 0 Å². The molecule has 0 saturated carbocycles. The van der Waals surface area contributed by atoms with Gasteiger partial charge in [0.1, 0.15) is 16.9 Å². The third kappa shape index (κ3) is 4.03. The van der Waals surface area contributed by atoms with Crippen LogP contribution >= 0.6 is 0 Å². The van der Waals surface area contributed by atoms with Crippen LogP contribution in [0, 0.1) is 0 Å². The summed E-state index contributed by atoms with van der Waals surface area (Å²) in [4.78, 5) is 10.5. The van der Waals surface area contributed by atoms with Crippen LogP contribution in [-0.4, -0.2) is 14.5 Å². The van der Waals surface area contributed by atoms with E-state index in [0.717, 1.165) is 94.1 Å². The third-order valence-corrected chi connectivity index (χ3v) is 9.38. The molecule has 10 rings (SSSR count). The first-order valence-electron chi connectivity index (χ1n) is 16.2. The largest absolute Gasteiger partial charge is 0.455 e. The second-order valence-corrected chi connectivity index (χ2v) is 12.2. The van der Waals surface area contributed by atoms with Gasteiger partial charge in [-0.05, 0) is 65.7 Å². The van der Waals surface area contributed by atoms with Gasteiger partial charge in [0.2, 0.25) is 0 Å². The van der Waals surface area contributed by atoms with Gasteiger partial charge in [-0.1, -0.05) is 109 Å². The van der Waals surface area contributed by atoms with E-state index in [1.165, 1.54) is 0 Å². The number of benzene rings is 7. The Morgan fingerprint density at radius 1 is 0.417 bits per heavy atom. The van der Waals surface area contributed by atoms with E-state index in [-0.39, 0.29) is 0 Å². The van der Waals surface area contributed by atoms with Gasteiger partial charge in [0, 0.05) is 33.0 Å². The van der Waals surface area contributed by atoms with Crippen LogP contribution in [0.1, 0.15) is 0 Å². The van der Waals surface area contributed by atoms with Crippen molar-refractivity contribution in [3.8, 4) is 39.3 Å². The normalized spacial score (nSPS) is 11.8. The summed E-state index contributed by atoms with van der Waals surface area (Å²) in [6, 6.07) is 57.0. The molecule has 0 aliphatic rings. The van der Waals surface area contributed by atoms with Crippen LogP contribution in [0.3, 0.4) is 0 Å². The monoisotopic (exact) mass is 613 g/mol. The molecule has 0 bridgehead atoms. The fourth-order valence-corrected chi connectivity index (χ4v) is 7.22. The summed E-state index contributed by atoms with van der Waals surface area (Å²) in [7, 11) is 0. The predicted molar refractivity (Wildman–Crippen MR) is 197 cm³/mol. The molecule has 0 fully saturated rings. The molecule has 3 heterocycles. The topological polar surface area (TPSA) is 43.9 Å². The molecule has 4 nitrogen and oxygen atoms in total. The molecule has 0 aliphatic carbocycles. The highest BCUT2D eigenvalue weighted by molar-refractivity contribution is 6.24. The van der Waals surface area contributed by atoms with Gasteiger partial charge in [-0.3, -0.25) is 0 Å². The molecule has 0 radical (unpaired) electrons. The van der Waals surface area contributed by atoms with E-state index in [4.69, 9.17) is 14.4 Å². The highest BCUT2D eigenvalue weighted by atomic mass is 16.3. The molecule has 0 amide bonds. The molecular weight excluding hydrogens is 587 g/mol. The number of hydrogen-bond donors (Lipinski definition) is 0. The van der Waals surface area contributed by atoms with Crippen molar-refractivity contribution in [3.63, 3.8) is 0 Å². The Morgan fingerprint density at radius 3 is 1.88 bits per heavy atom. The summed E-state index contributed by atoms with van der Waals surface area (Å²) in [5, 5.41) is 4.40. The van der Waals surface area contributed by atoms with Gasteiger partial charge in [-0.2, -0.15) is 0 Å². The van der Waals surface area contributed by atoms with Crippen LogP contribution in [0.15, 0.2) is 168 Å². The van der Waals surface area contributed by atoms with Crippen molar-refractivity contribution in [2.75, 3.05) is 0 Å². The molecule has 0 unspecified atom stereocenters. The van der Waals surface area contributed by atoms with Crippen molar-refractivity contribution in [1.82, 2.24) is 14.5 Å². The van der Waals surface area contributed by atoms with E-state index >= 15 is 0 Å². The van der Waals surface area contributed by atoms with E-state index in [2.05, 4.69) is 138 Å². The molecule has 4 heteroatoms. The number of aromatic nitrogens is 3. The zero-order valence-corrected chi connectivity index (χ0v) is 25.8. The lowest BCUT2D eigenvalue weighted by molar-refractivity contribution is 0.674. The Kier molecular flexibility index (Phi) is 5.84. The first-order valence-corrected chi connectivity index (χ1v) is 16.2. The number of fused-ring (bicyclic) bond motifs is 8. The minimum Gasteiger partial charge on any atom is -0.455 e. The fourth-order valence-electron chi connectivity index (χ4n) is 7.22. The predicted octanol–water partition coefficient (Wildman–Crippen LogP) is 11.6. The molecule has 48 heavy (non-hydrogen) atoms. The summed E-state index contributed by atoms with van der Waals surface area (Å²) in [5.74, 6) is 0. The van der Waals surface area contributed by atoms with E-state index < -0.39 is 0 Å². The fraction of sp³-hybridized carbons (Fsp3) is 0. The maximum Gasteiger partial charge on any atom is 0.145 e. The average Bonchev–Trinajstić information content (AvgIpc) is 3.71. The first-order chi connectivity index (χ1) is 23.8. The third-order valence-electron chi connectivity index (χ3n) is 9.38. The lowest BCUT2D eigenvalue weighted by atomic mass is 9.98. The zero-order valence-electron chi connectivity index (χ0n) is 25.8. The van der Waals surface area contributed by atoms with Crippen LogP contribution in [0.5, 0.6) is 0 Å². The van der Waals surface area contributed by atoms with E-state index in [1.807, 2.05) is 30.3 Å². The molecule has 0 saturated heterocycles. The maximum atomic E-state index is 7.02. The molecule has 224 valence electrons. The molecule has 0 spiro atoms. The van der Waals surface area contributed by atoms with Crippen LogP contribution < -0.4 is 0 Å². The Labute approximate surface area is 276 Å². The van der Waals surface area contributed by atoms with Gasteiger partial charge >= 0.3 is 0 Å². The van der Waals surface area contributed by atoms with Crippen LogP contribution in [0.4, 0.5) is 0 Å². The summed E-state index contributed by atoms with van der Waals surface area (Å²) < 4.78 is 9.35. The standard InChI is InChI=1S/C44H27N3O/c1-3-13-28(14-4-1)29-15-11-16-30(27-29)41-42(46-37-23-9-8-22-36(37)45-41)35-21-12-20-32-33-25-26-39-40(44(33)48-43(32)35)34-19-7-10-24-38(34)47(39)31-17-5-2-6-18-31/h1-27H. The summed E-state index contributed by atoms with van der Waals surface area (Å²) in [6.45, 7) is 0. The van der Waals surface area contributed by atoms with Crippen molar-refractivity contribution in [1.29, 1.82) is 0 Å². The minimum atomic E-state index is 0.798. The minimum absolute atomic E-state index is 0.798. The second kappa shape index (κ2) is 10.5. The molecular formula is C44H27N3O. The van der Waals surface area contributed by atoms with Crippen molar-refractivity contribution in [2.45, 2.75) is 0 Å². The van der Waals surface area contributed by atoms with E-state index in [0.29, 0.717) is 0 Å². The van der Waals surface area contributed by atoms with Crippen molar-refractivity contribution in [3.05, 3.63) is 164 Å². The molecule has 3 aromatic heterocycles. The molecule has 0 N–H and O–H groups in total. The van der Waals surface area contributed by atoms with Crippen LogP contribution in [-0.2, 0) is 0 Å². The first kappa shape index (κ1) is 26.7. The second-order valence-electron chi connectivity index (χ2n) is 12.2. The highest BCUT2D eigenvalue weighted by Crippen LogP contribution is 2.44. The van der Waals surface area contributed by atoms with Gasteiger partial charge in [0.15, 0.2) is 0 Å². The molecule has 7 aromatic carbocycles. The Bertz CT molecular complexity index is 2830. The molecule has 10 aromatic rings. The maximum absolute atomic E-state index is 7.02. The smallest absolute Gasteiger partial charge is 0.145 e. The van der Waals surface area contributed by atoms with Gasteiger partial charge in [0.05, 0.1) is 33.1 Å². The number of rotatable bonds is 4. The summed E-state index contributed by atoms with van der Waals surface area (Å²) >= 11 is 0. The number of nitrogens with zero attached hydrogens (tertiary/aromatic N) is 3. The quantitative estimate of drug-likeness (QED) is 0.198. The van der Waals surface area contributed by atoms with Gasteiger partial charge in [0.25, 0.3) is 0 Å². The van der Waals surface area contributed by atoms with Crippen LogP contribution in [0.2, 0.25) is 0 Å². The molecule has 0 aliphatic heterocycles. The molecule has 0 atom stereocenters. The Balaban J connectivity index is 1.26. The van der Waals surface area contributed by atoms with E-state index in [1.54, 1.807) is 0 Å². The Hall–Kier alpha value is -6.52. The number of hydrogen-bond acceptors (Lipinski definition) is 3. The number of furan rings is 1. The van der Waals surface area contributed by atoms with Gasteiger partial charge in [-0.15, -0.1) is 0 Å². The Morgan fingerprint density at radius 2 is 1.04 bits per heavy atom. The van der Waals surface area contributed by atoms with Crippen molar-refractivity contribution >= 4 is 54.8 Å². The van der Waals surface area contributed by atoms with Crippen molar-refractivity contribution < 1.29 is 4.42 Å². The lowest BCUT2D eigenvalue weighted by Crippen LogP contribution is -1.96. The van der Waals surface area contributed by atoms with Gasteiger partial charge < -0.3 is 8.98 Å². The SMILES string of the molecule is c1ccc(-c2cccc(-c3nc4ccccc4nc3-c3cccc4c3oc3c4ccc4c3c3ccccc3n4-c3ccccc3)c2)cc1. The average molecular weight is 614 g/mol. The summed E-state index contributed by atoms with van der Waals surface area (Å²) in [5.41, 5.74) is 12.6. The van der Waals surface area contributed by atoms with Gasteiger partial charge in [-0.25, -0.2) is 9.97 Å². The zero-order chi connectivity index (χ0) is 31.6.